The fraction of sp³-hybridized carbons (Fsp3) is 0.444. The summed E-state index contributed by atoms with van der Waals surface area (Å²) in [5.41, 5.74) is 2.39. The molecule has 0 radical (unpaired) electrons. The second kappa shape index (κ2) is 7.75. The molecule has 0 saturated heterocycles. The van der Waals surface area contributed by atoms with Crippen LogP contribution >= 0.6 is 11.3 Å². The summed E-state index contributed by atoms with van der Waals surface area (Å²) in [6, 6.07) is 5.37. The molecule has 2 amide bonds. The van der Waals surface area contributed by atoms with E-state index < -0.39 is 9.84 Å². The largest absolute Gasteiger partial charge is 0.335 e. The van der Waals surface area contributed by atoms with Gasteiger partial charge >= 0.3 is 6.03 Å². The van der Waals surface area contributed by atoms with Gasteiger partial charge in [0.05, 0.1) is 16.6 Å². The van der Waals surface area contributed by atoms with Crippen LogP contribution in [0.4, 0.5) is 10.5 Å². The number of hydrogen-bond acceptors (Lipinski definition) is 5. The summed E-state index contributed by atoms with van der Waals surface area (Å²) in [6.45, 7) is 2.03. The molecule has 1 fully saturated rings. The monoisotopic (exact) mass is 393 g/mol. The van der Waals surface area contributed by atoms with Crippen LogP contribution < -0.4 is 10.6 Å². The van der Waals surface area contributed by atoms with Crippen LogP contribution in [0.2, 0.25) is 0 Å². The molecule has 8 heteroatoms. The Kier molecular flexibility index (Phi) is 5.62. The summed E-state index contributed by atoms with van der Waals surface area (Å²) in [6.07, 6.45) is 5.53. The molecule has 0 unspecified atom stereocenters. The number of pyridine rings is 1. The Bertz CT molecular complexity index is 885. The molecule has 2 aromatic rings. The number of nitrogens with zero attached hydrogens (tertiary/aromatic N) is 1. The molecule has 6 nitrogen and oxygen atoms in total. The minimum absolute atomic E-state index is 0.00323. The lowest BCUT2D eigenvalue weighted by molar-refractivity contribution is 0.244. The van der Waals surface area contributed by atoms with Crippen LogP contribution in [0.3, 0.4) is 0 Å². The predicted octanol–water partition coefficient (Wildman–Crippen LogP) is 3.60. The molecule has 0 atom stereocenters. The summed E-state index contributed by atoms with van der Waals surface area (Å²) in [5, 5.41) is 7.57. The van der Waals surface area contributed by atoms with Crippen molar-refractivity contribution in [3.8, 4) is 11.3 Å². The Balaban J connectivity index is 1.61. The van der Waals surface area contributed by atoms with Crippen LogP contribution in [-0.4, -0.2) is 37.0 Å². The summed E-state index contributed by atoms with van der Waals surface area (Å²) >= 11 is 1.64. The highest BCUT2D eigenvalue weighted by molar-refractivity contribution is 7.91. The van der Waals surface area contributed by atoms with E-state index >= 15 is 0 Å². The van der Waals surface area contributed by atoms with Gasteiger partial charge < -0.3 is 10.6 Å². The third-order valence-corrected chi connectivity index (χ3v) is 7.22. The first kappa shape index (κ1) is 18.8. The number of sulfone groups is 1. The first-order valence-corrected chi connectivity index (χ1v) is 11.4. The van der Waals surface area contributed by atoms with Crippen molar-refractivity contribution in [3.63, 3.8) is 0 Å². The van der Waals surface area contributed by atoms with Gasteiger partial charge in [0.1, 0.15) is 9.84 Å². The molecule has 2 aromatic heterocycles. The van der Waals surface area contributed by atoms with Gasteiger partial charge in [0.15, 0.2) is 0 Å². The van der Waals surface area contributed by atoms with E-state index in [1.807, 2.05) is 24.4 Å². The molecule has 140 valence electrons. The number of thiophene rings is 1. The standard InChI is InChI=1S/C18H23N3O3S2/c1-12-10-13(11-25-12)17-16(4-3-9-19-17)21-18(22)20-14-5-7-15(8-6-14)26(2,23)24/h3-4,9-11,14-15H,5-8H2,1-2H3,(H2,20,21,22). The Labute approximate surface area is 158 Å². The second-order valence-corrected chi connectivity index (χ2v) is 10.2. The number of urea groups is 1. The zero-order valence-electron chi connectivity index (χ0n) is 14.9. The molecule has 3 rings (SSSR count). The molecular formula is C18H23N3O3S2. The maximum absolute atomic E-state index is 12.4. The first-order chi connectivity index (χ1) is 12.3. The lowest BCUT2D eigenvalue weighted by Crippen LogP contribution is -2.42. The van der Waals surface area contributed by atoms with Gasteiger partial charge in [0.2, 0.25) is 0 Å². The van der Waals surface area contributed by atoms with E-state index in [0.717, 1.165) is 11.3 Å². The van der Waals surface area contributed by atoms with Gasteiger partial charge in [-0.2, -0.15) is 0 Å². The molecule has 2 N–H and O–H groups in total. The predicted molar refractivity (Wildman–Crippen MR) is 105 cm³/mol. The average Bonchev–Trinajstić information content (AvgIpc) is 3.01. The third-order valence-electron chi connectivity index (χ3n) is 4.67. The number of anilines is 1. The van der Waals surface area contributed by atoms with Gasteiger partial charge in [-0.15, -0.1) is 11.3 Å². The zero-order valence-corrected chi connectivity index (χ0v) is 16.5. The number of hydrogen-bond donors (Lipinski definition) is 2. The summed E-state index contributed by atoms with van der Waals surface area (Å²) in [7, 11) is -3.00. The van der Waals surface area contributed by atoms with Crippen LogP contribution in [0.5, 0.6) is 0 Å². The van der Waals surface area contributed by atoms with Gasteiger partial charge in [0.25, 0.3) is 0 Å². The smallest absolute Gasteiger partial charge is 0.319 e. The number of aromatic nitrogens is 1. The van der Waals surface area contributed by atoms with Gasteiger partial charge in [-0.05, 0) is 50.8 Å². The van der Waals surface area contributed by atoms with E-state index in [9.17, 15) is 13.2 Å². The maximum Gasteiger partial charge on any atom is 0.319 e. The SMILES string of the molecule is Cc1cc(-c2ncccc2NC(=O)NC2CCC(S(C)(=O)=O)CC2)cs1. The highest BCUT2D eigenvalue weighted by Gasteiger charge is 2.28. The Hall–Kier alpha value is -1.93. The van der Waals surface area contributed by atoms with Crippen molar-refractivity contribution in [2.75, 3.05) is 11.6 Å². The molecule has 0 aromatic carbocycles. The molecular weight excluding hydrogens is 370 g/mol. The van der Waals surface area contributed by atoms with Crippen LogP contribution in [0.1, 0.15) is 30.6 Å². The Morgan fingerprint density at radius 1 is 1.27 bits per heavy atom. The molecule has 0 bridgehead atoms. The minimum atomic E-state index is -3.00. The molecule has 0 spiro atoms. The second-order valence-electron chi connectivity index (χ2n) is 6.75. The summed E-state index contributed by atoms with van der Waals surface area (Å²) in [4.78, 5) is 18.0. The maximum atomic E-state index is 12.4. The van der Waals surface area contributed by atoms with Gasteiger partial charge in [-0.3, -0.25) is 4.98 Å². The van der Waals surface area contributed by atoms with Crippen molar-refractivity contribution in [1.82, 2.24) is 10.3 Å². The van der Waals surface area contributed by atoms with E-state index in [-0.39, 0.29) is 17.3 Å². The highest BCUT2D eigenvalue weighted by Crippen LogP contribution is 2.29. The lowest BCUT2D eigenvalue weighted by atomic mass is 9.95. The fourth-order valence-corrected chi connectivity index (χ4v) is 5.10. The quantitative estimate of drug-likeness (QED) is 0.831. The summed E-state index contributed by atoms with van der Waals surface area (Å²) in [5.74, 6) is 0. The normalized spacial score (nSPS) is 20.5. The zero-order chi connectivity index (χ0) is 18.7. The van der Waals surface area contributed by atoms with Crippen molar-refractivity contribution in [2.45, 2.75) is 43.9 Å². The van der Waals surface area contributed by atoms with Gasteiger partial charge in [-0.1, -0.05) is 0 Å². The van der Waals surface area contributed by atoms with Crippen LogP contribution in [0.25, 0.3) is 11.3 Å². The summed E-state index contributed by atoms with van der Waals surface area (Å²) < 4.78 is 23.2. The highest BCUT2D eigenvalue weighted by atomic mass is 32.2. The topological polar surface area (TPSA) is 88.2 Å². The number of nitrogens with one attached hydrogen (secondary N) is 2. The molecule has 0 aliphatic heterocycles. The fourth-order valence-electron chi connectivity index (χ4n) is 3.28. The first-order valence-electron chi connectivity index (χ1n) is 8.60. The van der Waals surface area contributed by atoms with Gasteiger partial charge in [-0.25, -0.2) is 13.2 Å². The van der Waals surface area contributed by atoms with E-state index in [1.165, 1.54) is 11.1 Å². The number of carbonyl (C=O) groups is 1. The molecule has 26 heavy (non-hydrogen) atoms. The molecule has 2 heterocycles. The van der Waals surface area contributed by atoms with Crippen molar-refractivity contribution in [3.05, 3.63) is 34.7 Å². The van der Waals surface area contributed by atoms with Crippen molar-refractivity contribution < 1.29 is 13.2 Å². The van der Waals surface area contributed by atoms with E-state index in [4.69, 9.17) is 0 Å². The van der Waals surface area contributed by atoms with E-state index in [1.54, 1.807) is 23.6 Å². The molecule has 1 aliphatic carbocycles. The van der Waals surface area contributed by atoms with Crippen LogP contribution in [0, 0.1) is 6.92 Å². The Morgan fingerprint density at radius 3 is 2.62 bits per heavy atom. The molecule has 1 saturated carbocycles. The van der Waals surface area contributed by atoms with Crippen molar-refractivity contribution in [2.24, 2.45) is 0 Å². The van der Waals surface area contributed by atoms with Crippen LogP contribution in [0.15, 0.2) is 29.8 Å². The van der Waals surface area contributed by atoms with E-state index in [2.05, 4.69) is 15.6 Å². The number of carbonyl (C=O) groups excluding carboxylic acids is 1. The minimum Gasteiger partial charge on any atom is -0.335 e. The lowest BCUT2D eigenvalue weighted by Gasteiger charge is -2.28. The number of amides is 2. The third kappa shape index (κ3) is 4.62. The molecule has 1 aliphatic rings. The number of rotatable bonds is 4. The van der Waals surface area contributed by atoms with E-state index in [0.29, 0.717) is 31.4 Å². The van der Waals surface area contributed by atoms with Crippen molar-refractivity contribution >= 4 is 32.9 Å². The van der Waals surface area contributed by atoms with Gasteiger partial charge in [0, 0.05) is 34.3 Å². The van der Waals surface area contributed by atoms with Crippen LogP contribution in [-0.2, 0) is 9.84 Å². The van der Waals surface area contributed by atoms with Crippen molar-refractivity contribution in [1.29, 1.82) is 0 Å². The number of aryl methyl sites for hydroxylation is 1. The Morgan fingerprint density at radius 2 is 2.00 bits per heavy atom. The average molecular weight is 394 g/mol.